The van der Waals surface area contributed by atoms with E-state index in [1.54, 1.807) is 30.3 Å². The molecule has 2 rings (SSSR count). The first-order chi connectivity index (χ1) is 8.97. The molecule has 0 bridgehead atoms. The SMILES string of the molecule is O=C(Nc1ccc(Br)cc1Cl)c1cc(I)ccc1O. The van der Waals surface area contributed by atoms with Crippen molar-refractivity contribution in [3.63, 3.8) is 0 Å². The van der Waals surface area contributed by atoms with Crippen LogP contribution < -0.4 is 5.32 Å². The molecule has 2 aromatic carbocycles. The number of phenolic OH excluding ortho intramolecular Hbond substituents is 1. The standard InChI is InChI=1S/C13H8BrClINO2/c14-7-1-3-11(10(15)5-7)17-13(19)9-6-8(16)2-4-12(9)18/h1-6,18H,(H,17,19). The zero-order valence-electron chi connectivity index (χ0n) is 9.45. The van der Waals surface area contributed by atoms with Gasteiger partial charge in [0.1, 0.15) is 5.75 Å². The lowest BCUT2D eigenvalue weighted by atomic mass is 10.2. The highest BCUT2D eigenvalue weighted by Crippen LogP contribution is 2.27. The summed E-state index contributed by atoms with van der Waals surface area (Å²) < 4.78 is 1.69. The van der Waals surface area contributed by atoms with Crippen molar-refractivity contribution < 1.29 is 9.90 Å². The smallest absolute Gasteiger partial charge is 0.259 e. The van der Waals surface area contributed by atoms with Gasteiger partial charge < -0.3 is 10.4 Å². The zero-order valence-corrected chi connectivity index (χ0v) is 14.0. The van der Waals surface area contributed by atoms with Gasteiger partial charge in [-0.1, -0.05) is 27.5 Å². The minimum Gasteiger partial charge on any atom is -0.507 e. The molecule has 0 radical (unpaired) electrons. The van der Waals surface area contributed by atoms with Crippen LogP contribution in [0.3, 0.4) is 0 Å². The van der Waals surface area contributed by atoms with E-state index >= 15 is 0 Å². The molecule has 2 aromatic rings. The van der Waals surface area contributed by atoms with E-state index in [-0.39, 0.29) is 11.3 Å². The number of rotatable bonds is 2. The second-order valence-corrected chi connectivity index (χ2v) is 6.31. The number of hydrogen-bond donors (Lipinski definition) is 2. The molecule has 0 spiro atoms. The number of hydrogen-bond acceptors (Lipinski definition) is 2. The maximum atomic E-state index is 12.1. The van der Waals surface area contributed by atoms with Crippen LogP contribution in [0.4, 0.5) is 5.69 Å². The van der Waals surface area contributed by atoms with Gasteiger partial charge in [0.25, 0.3) is 5.91 Å². The Labute approximate surface area is 137 Å². The summed E-state index contributed by atoms with van der Waals surface area (Å²) in [5.74, 6) is -0.466. The summed E-state index contributed by atoms with van der Waals surface area (Å²) in [4.78, 5) is 12.1. The molecule has 1 amide bonds. The minimum absolute atomic E-state index is 0.0637. The number of benzene rings is 2. The van der Waals surface area contributed by atoms with Gasteiger partial charge in [0.2, 0.25) is 0 Å². The van der Waals surface area contributed by atoms with Crippen LogP contribution in [0, 0.1) is 3.57 Å². The number of carbonyl (C=O) groups excluding carboxylic acids is 1. The molecule has 0 atom stereocenters. The largest absolute Gasteiger partial charge is 0.507 e. The van der Waals surface area contributed by atoms with Crippen LogP contribution in [-0.2, 0) is 0 Å². The van der Waals surface area contributed by atoms with Crippen molar-refractivity contribution in [1.82, 2.24) is 0 Å². The van der Waals surface area contributed by atoms with Crippen molar-refractivity contribution in [2.45, 2.75) is 0 Å². The highest BCUT2D eigenvalue weighted by Gasteiger charge is 2.13. The molecule has 98 valence electrons. The van der Waals surface area contributed by atoms with Crippen molar-refractivity contribution in [3.8, 4) is 5.75 Å². The van der Waals surface area contributed by atoms with Gasteiger partial charge in [-0.3, -0.25) is 4.79 Å². The van der Waals surface area contributed by atoms with Crippen LogP contribution in [0.25, 0.3) is 0 Å². The minimum atomic E-state index is -0.403. The normalized spacial score (nSPS) is 10.3. The van der Waals surface area contributed by atoms with Gasteiger partial charge in [0.05, 0.1) is 16.3 Å². The highest BCUT2D eigenvalue weighted by atomic mass is 127. The van der Waals surface area contributed by atoms with Crippen LogP contribution >= 0.6 is 50.1 Å². The number of carbonyl (C=O) groups is 1. The van der Waals surface area contributed by atoms with Crippen LogP contribution in [0.1, 0.15) is 10.4 Å². The number of amides is 1. The third-order valence-electron chi connectivity index (χ3n) is 2.38. The van der Waals surface area contributed by atoms with Crippen molar-refractivity contribution >= 4 is 61.7 Å². The first-order valence-electron chi connectivity index (χ1n) is 5.22. The Balaban J connectivity index is 2.28. The van der Waals surface area contributed by atoms with Crippen LogP contribution in [0.15, 0.2) is 40.9 Å². The van der Waals surface area contributed by atoms with Gasteiger partial charge in [-0.05, 0) is 59.0 Å². The van der Waals surface area contributed by atoms with E-state index in [0.717, 1.165) is 8.04 Å². The molecule has 0 aliphatic rings. The molecule has 2 N–H and O–H groups in total. The Hall–Kier alpha value is -0.790. The van der Waals surface area contributed by atoms with Gasteiger partial charge >= 0.3 is 0 Å². The average Bonchev–Trinajstić information content (AvgIpc) is 2.35. The van der Waals surface area contributed by atoms with E-state index in [2.05, 4.69) is 43.8 Å². The molecular formula is C13H8BrClINO2. The molecule has 0 unspecified atom stereocenters. The summed E-state index contributed by atoms with van der Waals surface area (Å²) >= 11 is 11.4. The third kappa shape index (κ3) is 3.61. The predicted octanol–water partition coefficient (Wildman–Crippen LogP) is 4.67. The Morgan fingerprint density at radius 3 is 2.68 bits per heavy atom. The van der Waals surface area contributed by atoms with Crippen molar-refractivity contribution in [2.24, 2.45) is 0 Å². The molecule has 3 nitrogen and oxygen atoms in total. The molecular weight excluding hydrogens is 444 g/mol. The maximum absolute atomic E-state index is 12.1. The highest BCUT2D eigenvalue weighted by molar-refractivity contribution is 14.1. The van der Waals surface area contributed by atoms with E-state index in [1.165, 1.54) is 6.07 Å². The topological polar surface area (TPSA) is 49.3 Å². The Bertz CT molecular complexity index is 649. The predicted molar refractivity (Wildman–Crippen MR) is 87.9 cm³/mol. The van der Waals surface area contributed by atoms with Crippen molar-refractivity contribution in [3.05, 3.63) is 55.0 Å². The number of aromatic hydroxyl groups is 1. The Kier molecular flexibility index (Phi) is 4.70. The van der Waals surface area contributed by atoms with Crippen LogP contribution in [-0.4, -0.2) is 11.0 Å². The first-order valence-corrected chi connectivity index (χ1v) is 7.47. The lowest BCUT2D eigenvalue weighted by Crippen LogP contribution is -2.12. The summed E-state index contributed by atoms with van der Waals surface area (Å²) in [5, 5.41) is 12.8. The van der Waals surface area contributed by atoms with E-state index in [4.69, 9.17) is 11.6 Å². The van der Waals surface area contributed by atoms with Crippen LogP contribution in [0.2, 0.25) is 5.02 Å². The fraction of sp³-hybridized carbons (Fsp3) is 0. The molecule has 0 fully saturated rings. The number of nitrogens with one attached hydrogen (secondary N) is 1. The van der Waals surface area contributed by atoms with E-state index in [9.17, 15) is 9.90 Å². The second kappa shape index (κ2) is 6.11. The summed E-state index contributed by atoms with van der Waals surface area (Å²) in [6.07, 6.45) is 0. The van der Waals surface area contributed by atoms with E-state index in [0.29, 0.717) is 10.7 Å². The molecule has 0 aliphatic heterocycles. The molecule has 0 heterocycles. The number of anilines is 1. The zero-order chi connectivity index (χ0) is 14.0. The maximum Gasteiger partial charge on any atom is 0.259 e. The Morgan fingerprint density at radius 2 is 2.00 bits per heavy atom. The summed E-state index contributed by atoms with van der Waals surface area (Å²) in [5.41, 5.74) is 0.707. The van der Waals surface area contributed by atoms with Gasteiger partial charge in [0, 0.05) is 8.04 Å². The van der Waals surface area contributed by atoms with Gasteiger partial charge in [-0.2, -0.15) is 0 Å². The molecule has 0 aromatic heterocycles. The second-order valence-electron chi connectivity index (χ2n) is 3.74. The third-order valence-corrected chi connectivity index (χ3v) is 3.86. The van der Waals surface area contributed by atoms with E-state index < -0.39 is 5.91 Å². The lowest BCUT2D eigenvalue weighted by Gasteiger charge is -2.09. The summed E-state index contributed by atoms with van der Waals surface area (Å²) in [6, 6.07) is 9.97. The Morgan fingerprint density at radius 1 is 1.26 bits per heavy atom. The van der Waals surface area contributed by atoms with Gasteiger partial charge in [0.15, 0.2) is 0 Å². The molecule has 6 heteroatoms. The van der Waals surface area contributed by atoms with Crippen molar-refractivity contribution in [2.75, 3.05) is 5.32 Å². The summed E-state index contributed by atoms with van der Waals surface area (Å²) in [6.45, 7) is 0. The quantitative estimate of drug-likeness (QED) is 0.651. The lowest BCUT2D eigenvalue weighted by molar-refractivity contribution is 0.102. The van der Waals surface area contributed by atoms with Gasteiger partial charge in [-0.25, -0.2) is 0 Å². The molecule has 0 saturated heterocycles. The number of phenols is 1. The molecule has 0 saturated carbocycles. The van der Waals surface area contributed by atoms with E-state index in [1.807, 2.05) is 0 Å². The van der Waals surface area contributed by atoms with Crippen molar-refractivity contribution in [1.29, 1.82) is 0 Å². The van der Waals surface area contributed by atoms with Gasteiger partial charge in [-0.15, -0.1) is 0 Å². The number of halogens is 3. The average molecular weight is 452 g/mol. The monoisotopic (exact) mass is 451 g/mol. The summed E-state index contributed by atoms with van der Waals surface area (Å²) in [7, 11) is 0. The first kappa shape index (κ1) is 14.6. The fourth-order valence-corrected chi connectivity index (χ4v) is 2.68. The molecule has 0 aliphatic carbocycles. The molecule has 19 heavy (non-hydrogen) atoms. The van der Waals surface area contributed by atoms with Crippen LogP contribution in [0.5, 0.6) is 5.75 Å². The fourth-order valence-electron chi connectivity index (χ4n) is 1.47.